The number of aromatic nitrogens is 1. The Kier molecular flexibility index (Phi) is 7.81. The number of carbonyl (C=O) groups is 1. The van der Waals surface area contributed by atoms with Crippen molar-refractivity contribution < 1.29 is 13.6 Å². The summed E-state index contributed by atoms with van der Waals surface area (Å²) in [7, 11) is 1.50. The molecule has 0 spiro atoms. The van der Waals surface area contributed by atoms with Gasteiger partial charge in [-0.1, -0.05) is 0 Å². The molecule has 1 aromatic heterocycles. The molecule has 1 saturated heterocycles. The van der Waals surface area contributed by atoms with Crippen molar-refractivity contribution in [1.82, 2.24) is 15.2 Å². The summed E-state index contributed by atoms with van der Waals surface area (Å²) in [6.07, 6.45) is 1.86. The normalized spacial score (nSPS) is 20.3. The molecule has 0 aliphatic carbocycles. The van der Waals surface area contributed by atoms with Crippen LogP contribution in [-0.2, 0) is 13.6 Å². The summed E-state index contributed by atoms with van der Waals surface area (Å²) in [5.74, 6) is -1.46. The molecule has 2 heterocycles. The van der Waals surface area contributed by atoms with Crippen molar-refractivity contribution in [2.45, 2.75) is 79.1 Å². The van der Waals surface area contributed by atoms with E-state index in [0.29, 0.717) is 29.9 Å². The third-order valence-electron chi connectivity index (χ3n) is 7.09. The van der Waals surface area contributed by atoms with Crippen LogP contribution in [0.3, 0.4) is 0 Å². The highest BCUT2D eigenvalue weighted by Gasteiger charge is 2.29. The zero-order valence-electron chi connectivity index (χ0n) is 21.2. The molecule has 8 heteroatoms. The van der Waals surface area contributed by atoms with Crippen LogP contribution in [0.5, 0.6) is 0 Å². The second-order valence-corrected chi connectivity index (χ2v) is 9.53. The quantitative estimate of drug-likeness (QED) is 0.667. The third kappa shape index (κ3) is 5.02. The maximum absolute atomic E-state index is 14.7. The summed E-state index contributed by atoms with van der Waals surface area (Å²) in [6, 6.07) is 3.63. The molecule has 1 aliphatic heterocycles. The van der Waals surface area contributed by atoms with Crippen LogP contribution in [0.25, 0.3) is 0 Å². The molecule has 0 saturated carbocycles. The minimum absolute atomic E-state index is 0.138. The van der Waals surface area contributed by atoms with Crippen molar-refractivity contribution in [1.29, 1.82) is 0 Å². The molecule has 1 fully saturated rings. The van der Waals surface area contributed by atoms with Crippen LogP contribution >= 0.6 is 0 Å². The van der Waals surface area contributed by atoms with Gasteiger partial charge in [0, 0.05) is 55.1 Å². The van der Waals surface area contributed by atoms with Crippen LogP contribution < -0.4 is 21.1 Å². The lowest BCUT2D eigenvalue weighted by Gasteiger charge is -2.41. The third-order valence-corrected chi connectivity index (χ3v) is 7.09. The second kappa shape index (κ2) is 10.3. The fourth-order valence-electron chi connectivity index (χ4n) is 5.15. The van der Waals surface area contributed by atoms with Crippen molar-refractivity contribution in [3.05, 3.63) is 62.1 Å². The SMILES string of the molecule is CCN(c1cc(F)cc(C(=O)NCc2c(C)c(F)c(C)n(C)c2=O)c1C)C1C[C@@H](C)N[C@H](C)C1. The van der Waals surface area contributed by atoms with Crippen LogP contribution in [0.4, 0.5) is 14.5 Å². The number of piperidine rings is 1. The highest BCUT2D eigenvalue weighted by atomic mass is 19.1. The van der Waals surface area contributed by atoms with E-state index in [4.69, 9.17) is 0 Å². The molecule has 1 amide bonds. The lowest BCUT2D eigenvalue weighted by Crippen LogP contribution is -2.51. The number of hydrogen-bond donors (Lipinski definition) is 2. The highest BCUT2D eigenvalue weighted by Crippen LogP contribution is 2.30. The molecule has 0 bridgehead atoms. The van der Waals surface area contributed by atoms with Gasteiger partial charge in [0.25, 0.3) is 11.5 Å². The first-order valence-corrected chi connectivity index (χ1v) is 11.9. The monoisotopic (exact) mass is 474 g/mol. The van der Waals surface area contributed by atoms with Gasteiger partial charge in [-0.15, -0.1) is 0 Å². The Morgan fingerprint density at radius 1 is 1.15 bits per heavy atom. The molecule has 2 atom stereocenters. The first-order valence-electron chi connectivity index (χ1n) is 11.9. The van der Waals surface area contributed by atoms with Gasteiger partial charge >= 0.3 is 0 Å². The number of rotatable bonds is 6. The molecule has 0 unspecified atom stereocenters. The first-order chi connectivity index (χ1) is 16.0. The van der Waals surface area contributed by atoms with Gasteiger partial charge in [0.15, 0.2) is 0 Å². The predicted octanol–water partition coefficient (Wildman–Crippen LogP) is 3.87. The van der Waals surface area contributed by atoms with Gasteiger partial charge in [-0.25, -0.2) is 8.78 Å². The minimum Gasteiger partial charge on any atom is -0.368 e. The summed E-state index contributed by atoms with van der Waals surface area (Å²) in [4.78, 5) is 27.9. The summed E-state index contributed by atoms with van der Waals surface area (Å²) < 4.78 is 30.4. The number of nitrogens with zero attached hydrogens (tertiary/aromatic N) is 2. The second-order valence-electron chi connectivity index (χ2n) is 9.53. The van der Waals surface area contributed by atoms with Gasteiger partial charge in [-0.3, -0.25) is 9.59 Å². The summed E-state index contributed by atoms with van der Waals surface area (Å²) >= 11 is 0. The fourth-order valence-corrected chi connectivity index (χ4v) is 5.15. The zero-order valence-corrected chi connectivity index (χ0v) is 21.2. The Morgan fingerprint density at radius 3 is 2.35 bits per heavy atom. The van der Waals surface area contributed by atoms with Crippen LogP contribution in [0.15, 0.2) is 16.9 Å². The van der Waals surface area contributed by atoms with E-state index in [-0.39, 0.29) is 40.5 Å². The molecule has 0 radical (unpaired) electrons. The zero-order chi connectivity index (χ0) is 25.3. The van der Waals surface area contributed by atoms with E-state index in [1.807, 2.05) is 13.8 Å². The van der Waals surface area contributed by atoms with Gasteiger partial charge in [-0.05, 0) is 77.6 Å². The summed E-state index contributed by atoms with van der Waals surface area (Å²) in [5.41, 5.74) is 1.87. The molecule has 186 valence electrons. The van der Waals surface area contributed by atoms with Crippen LogP contribution in [0.2, 0.25) is 0 Å². The van der Waals surface area contributed by atoms with E-state index in [0.717, 1.165) is 12.8 Å². The van der Waals surface area contributed by atoms with Crippen molar-refractivity contribution >= 4 is 11.6 Å². The number of amides is 1. The van der Waals surface area contributed by atoms with Crippen molar-refractivity contribution in [2.75, 3.05) is 11.4 Å². The summed E-state index contributed by atoms with van der Waals surface area (Å²) in [5, 5.41) is 6.23. The Labute approximate surface area is 200 Å². The van der Waals surface area contributed by atoms with Crippen LogP contribution in [-0.4, -0.2) is 35.1 Å². The van der Waals surface area contributed by atoms with Gasteiger partial charge in [0.05, 0.1) is 5.69 Å². The number of nitrogens with one attached hydrogen (secondary N) is 2. The molecule has 1 aromatic carbocycles. The molecule has 2 aromatic rings. The first kappa shape index (κ1) is 25.9. The van der Waals surface area contributed by atoms with Crippen LogP contribution in [0.1, 0.15) is 66.4 Å². The number of halogens is 2. The molecule has 2 N–H and O–H groups in total. The van der Waals surface area contributed by atoms with Gasteiger partial charge in [-0.2, -0.15) is 0 Å². The average molecular weight is 475 g/mol. The molecule has 6 nitrogen and oxygen atoms in total. The smallest absolute Gasteiger partial charge is 0.255 e. The topological polar surface area (TPSA) is 66.4 Å². The molecule has 1 aliphatic rings. The maximum atomic E-state index is 14.7. The van der Waals surface area contributed by atoms with Crippen LogP contribution in [0, 0.1) is 32.4 Å². The number of anilines is 1. The van der Waals surface area contributed by atoms with Crippen molar-refractivity contribution in [2.24, 2.45) is 7.05 Å². The average Bonchev–Trinajstić information content (AvgIpc) is 2.78. The summed E-state index contributed by atoms with van der Waals surface area (Å²) in [6.45, 7) is 11.8. The van der Waals surface area contributed by atoms with E-state index >= 15 is 0 Å². The fraction of sp³-hybridized carbons (Fsp3) is 0.538. The number of pyridine rings is 1. The largest absolute Gasteiger partial charge is 0.368 e. The van der Waals surface area contributed by atoms with E-state index in [1.165, 1.54) is 37.6 Å². The van der Waals surface area contributed by atoms with Crippen molar-refractivity contribution in [3.8, 4) is 0 Å². The number of carbonyl (C=O) groups excluding carboxylic acids is 1. The Balaban J connectivity index is 1.90. The van der Waals surface area contributed by atoms with Crippen molar-refractivity contribution in [3.63, 3.8) is 0 Å². The van der Waals surface area contributed by atoms with E-state index in [2.05, 4.69) is 29.4 Å². The molecular weight excluding hydrogens is 438 g/mol. The van der Waals surface area contributed by atoms with Gasteiger partial charge in [0.1, 0.15) is 11.6 Å². The van der Waals surface area contributed by atoms with E-state index in [1.54, 1.807) is 0 Å². The number of hydrogen-bond acceptors (Lipinski definition) is 4. The molecule has 34 heavy (non-hydrogen) atoms. The molecule has 3 rings (SSSR count). The maximum Gasteiger partial charge on any atom is 0.255 e. The Bertz CT molecular complexity index is 1130. The van der Waals surface area contributed by atoms with E-state index in [9.17, 15) is 18.4 Å². The minimum atomic E-state index is -0.496. The van der Waals surface area contributed by atoms with Gasteiger partial charge < -0.3 is 20.1 Å². The van der Waals surface area contributed by atoms with E-state index < -0.39 is 17.5 Å². The highest BCUT2D eigenvalue weighted by molar-refractivity contribution is 5.97. The predicted molar refractivity (Wildman–Crippen MR) is 132 cm³/mol. The van der Waals surface area contributed by atoms with Gasteiger partial charge in [0.2, 0.25) is 0 Å². The lowest BCUT2D eigenvalue weighted by molar-refractivity contribution is 0.0949. The lowest BCUT2D eigenvalue weighted by atomic mass is 9.92. The Hall–Kier alpha value is -2.74. The standard InChI is InChI=1S/C26H36F2N4O2/c1-8-32(20-9-14(2)30-15(3)10-20)23-12-19(27)11-21(16(23)4)25(33)29-13-22-17(5)24(28)18(6)31(7)26(22)34/h11-12,14-15,20,30H,8-10,13H2,1-7H3,(H,29,33)/t14-,15-/m1/s1. The Morgan fingerprint density at radius 2 is 1.76 bits per heavy atom. The molecular formula is C26H36F2N4O2. The number of benzene rings is 1.